The Morgan fingerprint density at radius 2 is 1.06 bits per heavy atom. The Kier molecular flexibility index (Phi) is 10.7. The molecule has 4 rings (SSSR count). The van der Waals surface area contributed by atoms with Crippen LogP contribution in [0.4, 0.5) is 4.39 Å². The minimum Gasteiger partial charge on any atom is -0.251 e. The molecule has 35 heavy (non-hydrogen) atoms. The molecule has 192 valence electrons. The van der Waals surface area contributed by atoms with Gasteiger partial charge in [-0.15, -0.1) is 0 Å². The lowest BCUT2D eigenvalue weighted by molar-refractivity contribution is 0.140. The van der Waals surface area contributed by atoms with Gasteiger partial charge in [-0.25, -0.2) is 0 Å². The fourth-order valence-electron chi connectivity index (χ4n) is 6.94. The molecule has 2 aliphatic rings. The fraction of sp³-hybridized carbons (Fsp3) is 0.647. The largest absolute Gasteiger partial charge is 0.251 e. The average molecular weight is 477 g/mol. The second-order valence-corrected chi connectivity index (χ2v) is 11.8. The number of hydrogen-bond donors (Lipinski definition) is 0. The summed E-state index contributed by atoms with van der Waals surface area (Å²) >= 11 is 0. The summed E-state index contributed by atoms with van der Waals surface area (Å²) in [5.74, 6) is 3.69. The predicted octanol–water partition coefficient (Wildman–Crippen LogP) is 10.4. The standard InChI is InChI=1S/C34H49F/c1-2-3-4-6-27-10-18-31(19-11-27)33-22-14-29(15-23-33)8-9-30-16-24-34(25-17-30)32-20-12-28(13-21-32)7-5-26-35/h10-11,14-15,18-19,22-23,28,30,32,34H,2-9,12-13,16-17,20-21,24-26H2,1H3/t28-,30?,32-,34?. The molecule has 0 nitrogen and oxygen atoms in total. The van der Waals surface area contributed by atoms with Gasteiger partial charge in [-0.05, 0) is 110 Å². The third-order valence-corrected chi connectivity index (χ3v) is 9.35. The van der Waals surface area contributed by atoms with E-state index >= 15 is 0 Å². The molecule has 0 atom stereocenters. The lowest BCUT2D eigenvalue weighted by Crippen LogP contribution is -2.26. The van der Waals surface area contributed by atoms with Crippen LogP contribution in [0, 0.1) is 23.7 Å². The minimum atomic E-state index is -0.124. The van der Waals surface area contributed by atoms with Gasteiger partial charge in [0.25, 0.3) is 0 Å². The maximum atomic E-state index is 12.5. The molecule has 1 heteroatoms. The van der Waals surface area contributed by atoms with Crippen LogP contribution in [0.5, 0.6) is 0 Å². The number of rotatable bonds is 12. The second kappa shape index (κ2) is 14.2. The summed E-state index contributed by atoms with van der Waals surface area (Å²) in [5.41, 5.74) is 5.65. The van der Waals surface area contributed by atoms with Crippen LogP contribution in [0.1, 0.15) is 108 Å². The molecule has 0 bridgehead atoms. The Balaban J connectivity index is 1.16. The van der Waals surface area contributed by atoms with Gasteiger partial charge in [0, 0.05) is 0 Å². The smallest absolute Gasteiger partial charge is 0.0894 e. The third-order valence-electron chi connectivity index (χ3n) is 9.35. The first kappa shape index (κ1) is 26.4. The molecule has 0 aromatic heterocycles. The van der Waals surface area contributed by atoms with E-state index in [-0.39, 0.29) is 6.67 Å². The van der Waals surface area contributed by atoms with Crippen molar-refractivity contribution in [3.05, 3.63) is 59.7 Å². The van der Waals surface area contributed by atoms with Crippen LogP contribution in [0.2, 0.25) is 0 Å². The number of aryl methyl sites for hydroxylation is 2. The Morgan fingerprint density at radius 1 is 0.571 bits per heavy atom. The van der Waals surface area contributed by atoms with Crippen LogP contribution in [0.15, 0.2) is 48.5 Å². The predicted molar refractivity (Wildman–Crippen MR) is 150 cm³/mol. The topological polar surface area (TPSA) is 0 Å². The molecule has 0 N–H and O–H groups in total. The van der Waals surface area contributed by atoms with Crippen LogP contribution in [-0.2, 0) is 12.8 Å². The first-order chi connectivity index (χ1) is 17.2. The molecule has 0 heterocycles. The SMILES string of the molecule is CCCCCc1ccc(-c2ccc(CCC3CCC([C@H]4CC[C@H](CCCF)CC4)CC3)cc2)cc1. The fourth-order valence-corrected chi connectivity index (χ4v) is 6.94. The van der Waals surface area contributed by atoms with Gasteiger partial charge in [0.2, 0.25) is 0 Å². The molecule has 0 amide bonds. The molecule has 2 fully saturated rings. The van der Waals surface area contributed by atoms with Crippen LogP contribution >= 0.6 is 0 Å². The quantitative estimate of drug-likeness (QED) is 0.267. The molecule has 0 unspecified atom stereocenters. The molecule has 2 aromatic carbocycles. The summed E-state index contributed by atoms with van der Waals surface area (Å²) < 4.78 is 12.5. The van der Waals surface area contributed by atoms with Crippen molar-refractivity contribution in [2.24, 2.45) is 23.7 Å². The highest BCUT2D eigenvalue weighted by Crippen LogP contribution is 2.43. The van der Waals surface area contributed by atoms with Gasteiger partial charge in [0.15, 0.2) is 0 Å². The highest BCUT2D eigenvalue weighted by molar-refractivity contribution is 5.64. The number of hydrogen-bond acceptors (Lipinski definition) is 0. The maximum Gasteiger partial charge on any atom is 0.0894 e. The second-order valence-electron chi connectivity index (χ2n) is 11.8. The monoisotopic (exact) mass is 476 g/mol. The lowest BCUT2D eigenvalue weighted by atomic mass is 9.68. The zero-order chi connectivity index (χ0) is 24.3. The molecule has 2 aromatic rings. The van der Waals surface area contributed by atoms with Gasteiger partial charge in [0.1, 0.15) is 0 Å². The number of halogens is 1. The van der Waals surface area contributed by atoms with E-state index in [1.165, 1.54) is 112 Å². The molecule has 0 aliphatic heterocycles. The zero-order valence-electron chi connectivity index (χ0n) is 22.3. The Bertz CT molecular complexity index is 820. The first-order valence-corrected chi connectivity index (χ1v) is 15.0. The van der Waals surface area contributed by atoms with E-state index < -0.39 is 0 Å². The van der Waals surface area contributed by atoms with Crippen LogP contribution < -0.4 is 0 Å². The van der Waals surface area contributed by atoms with E-state index in [1.807, 2.05) is 0 Å². The van der Waals surface area contributed by atoms with Crippen LogP contribution in [-0.4, -0.2) is 6.67 Å². The van der Waals surface area contributed by atoms with Crippen molar-refractivity contribution >= 4 is 0 Å². The highest BCUT2D eigenvalue weighted by atomic mass is 19.1. The summed E-state index contributed by atoms with van der Waals surface area (Å²) in [5, 5.41) is 0. The van der Waals surface area contributed by atoms with Crippen molar-refractivity contribution < 1.29 is 4.39 Å². The zero-order valence-corrected chi connectivity index (χ0v) is 22.3. The Hall–Kier alpha value is -1.63. The Labute approximate surface area is 215 Å². The van der Waals surface area contributed by atoms with Crippen molar-refractivity contribution in [2.75, 3.05) is 6.67 Å². The van der Waals surface area contributed by atoms with Crippen molar-refractivity contribution in [1.82, 2.24) is 0 Å². The van der Waals surface area contributed by atoms with Crippen LogP contribution in [0.3, 0.4) is 0 Å². The molecule has 0 spiro atoms. The summed E-state index contributed by atoms with van der Waals surface area (Å²) in [6.07, 6.45) is 21.0. The first-order valence-electron chi connectivity index (χ1n) is 15.0. The average Bonchev–Trinajstić information content (AvgIpc) is 2.92. The summed E-state index contributed by atoms with van der Waals surface area (Å²) in [4.78, 5) is 0. The number of benzene rings is 2. The molecular formula is C34H49F. The van der Waals surface area contributed by atoms with Gasteiger partial charge in [0.05, 0.1) is 6.67 Å². The maximum absolute atomic E-state index is 12.5. The van der Waals surface area contributed by atoms with E-state index in [4.69, 9.17) is 0 Å². The van der Waals surface area contributed by atoms with Gasteiger partial charge in [-0.2, -0.15) is 0 Å². The molecule has 2 aliphatic carbocycles. The molecular weight excluding hydrogens is 427 g/mol. The van der Waals surface area contributed by atoms with Crippen molar-refractivity contribution in [1.29, 1.82) is 0 Å². The normalized spacial score (nSPS) is 25.0. The minimum absolute atomic E-state index is 0.124. The number of unbranched alkanes of at least 4 members (excludes halogenated alkanes) is 2. The summed E-state index contributed by atoms with van der Waals surface area (Å²) in [6, 6.07) is 18.6. The van der Waals surface area contributed by atoms with Gasteiger partial charge >= 0.3 is 0 Å². The van der Waals surface area contributed by atoms with E-state index in [2.05, 4.69) is 55.5 Å². The van der Waals surface area contributed by atoms with E-state index in [1.54, 1.807) is 0 Å². The van der Waals surface area contributed by atoms with E-state index in [0.29, 0.717) is 0 Å². The lowest BCUT2D eigenvalue weighted by Gasteiger charge is -2.38. The van der Waals surface area contributed by atoms with Gasteiger partial charge in [-0.1, -0.05) is 94.0 Å². The van der Waals surface area contributed by atoms with Crippen molar-refractivity contribution in [3.8, 4) is 11.1 Å². The van der Waals surface area contributed by atoms with E-state index in [9.17, 15) is 4.39 Å². The van der Waals surface area contributed by atoms with Crippen molar-refractivity contribution in [2.45, 2.75) is 110 Å². The van der Waals surface area contributed by atoms with E-state index in [0.717, 1.165) is 36.5 Å². The third kappa shape index (κ3) is 8.19. The number of alkyl halides is 1. The summed E-state index contributed by atoms with van der Waals surface area (Å²) in [6.45, 7) is 2.14. The molecule has 2 saturated carbocycles. The molecule has 0 radical (unpaired) electrons. The molecule has 0 saturated heterocycles. The van der Waals surface area contributed by atoms with Crippen molar-refractivity contribution in [3.63, 3.8) is 0 Å². The van der Waals surface area contributed by atoms with Gasteiger partial charge in [-0.3, -0.25) is 4.39 Å². The van der Waals surface area contributed by atoms with Gasteiger partial charge < -0.3 is 0 Å². The Morgan fingerprint density at radius 3 is 1.54 bits per heavy atom. The van der Waals surface area contributed by atoms with Crippen LogP contribution in [0.25, 0.3) is 11.1 Å². The summed E-state index contributed by atoms with van der Waals surface area (Å²) in [7, 11) is 0. The highest BCUT2D eigenvalue weighted by Gasteiger charge is 2.30.